The Labute approximate surface area is 235 Å². The van der Waals surface area contributed by atoms with E-state index in [0.29, 0.717) is 29.4 Å². The van der Waals surface area contributed by atoms with E-state index < -0.39 is 20.0 Å². The van der Waals surface area contributed by atoms with Crippen LogP contribution in [0.3, 0.4) is 0 Å². The lowest BCUT2D eigenvalue weighted by Gasteiger charge is -2.32. The van der Waals surface area contributed by atoms with Crippen LogP contribution in [0.2, 0.25) is 0 Å². The molecule has 3 aromatic rings. The van der Waals surface area contributed by atoms with Crippen LogP contribution in [0.1, 0.15) is 36.6 Å². The van der Waals surface area contributed by atoms with E-state index in [9.17, 15) is 16.8 Å². The molecule has 0 spiro atoms. The molecule has 2 heterocycles. The third-order valence-corrected chi connectivity index (χ3v) is 11.5. The Morgan fingerprint density at radius 3 is 2.08 bits per heavy atom. The molecular weight excluding hydrogens is 561 g/mol. The van der Waals surface area contributed by atoms with E-state index in [1.165, 1.54) is 65.5 Å². The molecule has 1 saturated heterocycles. The van der Waals surface area contributed by atoms with Crippen molar-refractivity contribution in [1.29, 1.82) is 0 Å². The minimum atomic E-state index is -4.01. The van der Waals surface area contributed by atoms with Gasteiger partial charge in [-0.15, -0.1) is 11.3 Å². The predicted octanol–water partition coefficient (Wildman–Crippen LogP) is 4.73. The molecular formula is C27H34N2O7S3. The lowest BCUT2D eigenvalue weighted by atomic mass is 10.1. The molecule has 0 aliphatic carbocycles. The summed E-state index contributed by atoms with van der Waals surface area (Å²) in [7, 11) is -3.22. The third kappa shape index (κ3) is 6.25. The molecule has 0 radical (unpaired) electrons. The highest BCUT2D eigenvalue weighted by Gasteiger charge is 2.32. The smallest absolute Gasteiger partial charge is 0.243 e. The van der Waals surface area contributed by atoms with Crippen LogP contribution in [-0.2, 0) is 33.1 Å². The molecule has 0 saturated carbocycles. The molecule has 1 atom stereocenters. The highest BCUT2D eigenvalue weighted by Crippen LogP contribution is 2.39. The quantitative estimate of drug-likeness (QED) is 0.316. The van der Waals surface area contributed by atoms with Crippen molar-refractivity contribution in [3.63, 3.8) is 0 Å². The number of hydrogen-bond acceptors (Lipinski definition) is 8. The molecule has 0 N–H and O–H groups in total. The molecule has 1 aliphatic heterocycles. The number of rotatable bonds is 11. The van der Waals surface area contributed by atoms with Gasteiger partial charge in [0.15, 0.2) is 11.5 Å². The minimum Gasteiger partial charge on any atom is -0.493 e. The second-order valence-corrected chi connectivity index (χ2v) is 14.2. The standard InChI is InChI=1S/C27H34N2O7S3/c1-20-8-5-6-14-29(20)39(32,33)24-12-10-23(11-13-24)38(30,31)28(19-22-9-7-15-37-22)18-21-16-25(34-2)27(36-4)26(17-21)35-3/h7,9-13,15-17,20H,5-6,8,14,18-19H2,1-4H3. The topological polar surface area (TPSA) is 102 Å². The molecule has 1 fully saturated rings. The number of benzene rings is 2. The van der Waals surface area contributed by atoms with Crippen LogP contribution < -0.4 is 14.2 Å². The van der Waals surface area contributed by atoms with Crippen LogP contribution in [0, 0.1) is 0 Å². The third-order valence-electron chi connectivity index (χ3n) is 6.81. The Morgan fingerprint density at radius 1 is 0.897 bits per heavy atom. The van der Waals surface area contributed by atoms with Crippen LogP contribution in [0.15, 0.2) is 63.7 Å². The second-order valence-electron chi connectivity index (χ2n) is 9.32. The number of ether oxygens (including phenoxy) is 3. The van der Waals surface area contributed by atoms with Crippen LogP contribution in [0.5, 0.6) is 17.2 Å². The van der Waals surface area contributed by atoms with Gasteiger partial charge in [-0.2, -0.15) is 8.61 Å². The maximum atomic E-state index is 13.9. The molecule has 1 aliphatic rings. The van der Waals surface area contributed by atoms with Crippen molar-refractivity contribution in [2.45, 2.75) is 55.1 Å². The number of sulfonamides is 2. The van der Waals surface area contributed by atoms with Gasteiger partial charge in [0.1, 0.15) is 0 Å². The number of methoxy groups -OCH3 is 3. The molecule has 9 nitrogen and oxygen atoms in total. The molecule has 1 unspecified atom stereocenters. The summed E-state index contributed by atoms with van der Waals surface area (Å²) in [6.45, 7) is 2.54. The zero-order chi connectivity index (χ0) is 28.2. The van der Waals surface area contributed by atoms with Crippen LogP contribution in [-0.4, -0.2) is 59.4 Å². The van der Waals surface area contributed by atoms with E-state index in [1.807, 2.05) is 24.4 Å². The van der Waals surface area contributed by atoms with Crippen molar-refractivity contribution in [2.75, 3.05) is 27.9 Å². The molecule has 4 rings (SSSR count). The fourth-order valence-electron chi connectivity index (χ4n) is 4.73. The number of piperidine rings is 1. The zero-order valence-electron chi connectivity index (χ0n) is 22.5. The molecule has 12 heteroatoms. The summed E-state index contributed by atoms with van der Waals surface area (Å²) in [5, 5.41) is 1.89. The van der Waals surface area contributed by atoms with Gasteiger partial charge in [-0.25, -0.2) is 16.8 Å². The maximum Gasteiger partial charge on any atom is 0.243 e. The average molecular weight is 595 g/mol. The summed E-state index contributed by atoms with van der Waals surface area (Å²) in [6, 6.07) is 12.6. The minimum absolute atomic E-state index is 0.0112. The van der Waals surface area contributed by atoms with Gasteiger partial charge in [0.2, 0.25) is 25.8 Å². The Balaban J connectivity index is 1.68. The molecule has 0 bridgehead atoms. The highest BCUT2D eigenvalue weighted by molar-refractivity contribution is 7.89. The Morgan fingerprint density at radius 2 is 1.54 bits per heavy atom. The fourth-order valence-corrected chi connectivity index (χ4v) is 8.64. The first kappa shape index (κ1) is 29.3. The highest BCUT2D eigenvalue weighted by atomic mass is 32.2. The molecule has 0 amide bonds. The maximum absolute atomic E-state index is 13.9. The lowest BCUT2D eigenvalue weighted by molar-refractivity contribution is 0.268. The van der Waals surface area contributed by atoms with E-state index in [1.54, 1.807) is 12.1 Å². The molecule has 2 aromatic carbocycles. The van der Waals surface area contributed by atoms with Crippen molar-refractivity contribution >= 4 is 31.4 Å². The van der Waals surface area contributed by atoms with Crippen molar-refractivity contribution in [3.05, 3.63) is 64.4 Å². The van der Waals surface area contributed by atoms with Gasteiger partial charge in [-0.1, -0.05) is 12.5 Å². The van der Waals surface area contributed by atoms with Crippen molar-refractivity contribution < 1.29 is 31.0 Å². The Kier molecular flexibility index (Phi) is 9.22. The first-order chi connectivity index (χ1) is 18.6. The van der Waals surface area contributed by atoms with Crippen LogP contribution in [0.25, 0.3) is 0 Å². The number of hydrogen-bond donors (Lipinski definition) is 0. The molecule has 39 heavy (non-hydrogen) atoms. The second kappa shape index (κ2) is 12.3. The monoisotopic (exact) mass is 594 g/mol. The van der Waals surface area contributed by atoms with Crippen LogP contribution >= 0.6 is 11.3 Å². The van der Waals surface area contributed by atoms with Crippen molar-refractivity contribution in [1.82, 2.24) is 8.61 Å². The van der Waals surface area contributed by atoms with Crippen molar-refractivity contribution in [2.24, 2.45) is 0 Å². The van der Waals surface area contributed by atoms with E-state index >= 15 is 0 Å². The average Bonchev–Trinajstić information content (AvgIpc) is 3.45. The van der Waals surface area contributed by atoms with Gasteiger partial charge in [-0.05, 0) is 73.2 Å². The molecule has 212 valence electrons. The first-order valence-corrected chi connectivity index (χ1v) is 16.3. The van der Waals surface area contributed by atoms with Gasteiger partial charge in [-0.3, -0.25) is 0 Å². The Bertz CT molecular complexity index is 1450. The predicted molar refractivity (Wildman–Crippen MR) is 150 cm³/mol. The summed E-state index contributed by atoms with van der Waals surface area (Å²) in [6.07, 6.45) is 2.62. The summed E-state index contributed by atoms with van der Waals surface area (Å²) in [5.74, 6) is 1.25. The zero-order valence-corrected chi connectivity index (χ0v) is 24.9. The number of nitrogens with zero attached hydrogens (tertiary/aromatic N) is 2. The number of thiophene rings is 1. The normalized spacial score (nSPS) is 16.8. The van der Waals surface area contributed by atoms with Gasteiger partial charge in [0.25, 0.3) is 0 Å². The molecule has 1 aromatic heterocycles. The van der Waals surface area contributed by atoms with Gasteiger partial charge in [0.05, 0.1) is 31.1 Å². The Hall–Kier alpha value is -2.64. The largest absolute Gasteiger partial charge is 0.493 e. The SMILES string of the molecule is COc1cc(CN(Cc2cccs2)S(=O)(=O)c2ccc(S(=O)(=O)N3CCCCC3C)cc2)cc(OC)c1OC. The van der Waals surface area contributed by atoms with Crippen LogP contribution in [0.4, 0.5) is 0 Å². The van der Waals surface area contributed by atoms with E-state index in [2.05, 4.69) is 0 Å². The summed E-state index contributed by atoms with van der Waals surface area (Å²) in [5.41, 5.74) is 0.642. The van der Waals surface area contributed by atoms with E-state index in [-0.39, 0.29) is 28.9 Å². The van der Waals surface area contributed by atoms with Gasteiger partial charge in [0, 0.05) is 30.6 Å². The first-order valence-electron chi connectivity index (χ1n) is 12.5. The van der Waals surface area contributed by atoms with E-state index in [0.717, 1.165) is 24.1 Å². The summed E-state index contributed by atoms with van der Waals surface area (Å²) in [4.78, 5) is 0.964. The summed E-state index contributed by atoms with van der Waals surface area (Å²) >= 11 is 1.46. The lowest BCUT2D eigenvalue weighted by Crippen LogP contribution is -2.41. The van der Waals surface area contributed by atoms with Crippen molar-refractivity contribution in [3.8, 4) is 17.2 Å². The van der Waals surface area contributed by atoms with Gasteiger partial charge < -0.3 is 14.2 Å². The van der Waals surface area contributed by atoms with E-state index in [4.69, 9.17) is 14.2 Å². The summed E-state index contributed by atoms with van der Waals surface area (Å²) < 4.78 is 73.4. The van der Waals surface area contributed by atoms with Gasteiger partial charge >= 0.3 is 0 Å². The fraction of sp³-hybridized carbons (Fsp3) is 0.407.